The summed E-state index contributed by atoms with van der Waals surface area (Å²) in [7, 11) is 0. The van der Waals surface area contributed by atoms with Crippen LogP contribution in [0.15, 0.2) is 47.0 Å². The summed E-state index contributed by atoms with van der Waals surface area (Å²) in [5.74, 6) is -1.57. The minimum Gasteiger partial charge on any atom is -0.461 e. The molecule has 0 spiro atoms. The largest absolute Gasteiger partial charge is 0.461 e. The first-order chi connectivity index (χ1) is 14.2. The first kappa shape index (κ1) is 23.6. The molecule has 1 heterocycles. The summed E-state index contributed by atoms with van der Waals surface area (Å²) in [6, 6.07) is 0. The molecule has 1 aliphatic heterocycles. The normalized spacial score (nSPS) is 27.0. The maximum Gasteiger partial charge on any atom is 0.307 e. The molecule has 6 heteroatoms. The van der Waals surface area contributed by atoms with Crippen molar-refractivity contribution in [3.05, 3.63) is 47.0 Å². The van der Waals surface area contributed by atoms with Gasteiger partial charge in [-0.25, -0.2) is 0 Å². The quantitative estimate of drug-likeness (QED) is 0.360. The van der Waals surface area contributed by atoms with Crippen LogP contribution in [0.2, 0.25) is 0 Å². The molecule has 0 aromatic carbocycles. The number of carbonyl (C=O) groups excluding carboxylic acids is 3. The Morgan fingerprint density at radius 3 is 2.50 bits per heavy atom. The van der Waals surface area contributed by atoms with E-state index >= 15 is 0 Å². The van der Waals surface area contributed by atoms with Crippen molar-refractivity contribution in [2.24, 2.45) is 11.8 Å². The van der Waals surface area contributed by atoms with Gasteiger partial charge in [0.25, 0.3) is 6.29 Å². The number of ketones is 1. The molecule has 6 nitrogen and oxygen atoms in total. The van der Waals surface area contributed by atoms with Crippen LogP contribution in [0.4, 0.5) is 0 Å². The highest BCUT2D eigenvalue weighted by molar-refractivity contribution is 5.96. The molecule has 30 heavy (non-hydrogen) atoms. The standard InChI is InChI=1S/C24H32O6/c1-15(2)9-12-22(27)21-14-29-24(30-18(5)26)23-19(13-28-17(4)25)8-6-7-16(3)10-11-20(21)23/h9-10,13-14,20,23-24H,6-8,11-12H2,1-5H3/b16-10-,19-13+/t20-,23+,24-/m1/s1. The van der Waals surface area contributed by atoms with Crippen LogP contribution in [-0.2, 0) is 28.6 Å². The fourth-order valence-electron chi connectivity index (χ4n) is 3.82. The lowest BCUT2D eigenvalue weighted by Crippen LogP contribution is -2.40. The van der Waals surface area contributed by atoms with Gasteiger partial charge in [0.2, 0.25) is 0 Å². The average molecular weight is 417 g/mol. The van der Waals surface area contributed by atoms with E-state index in [2.05, 4.69) is 13.0 Å². The van der Waals surface area contributed by atoms with Crippen molar-refractivity contribution >= 4 is 17.7 Å². The van der Waals surface area contributed by atoms with Crippen LogP contribution >= 0.6 is 0 Å². The van der Waals surface area contributed by atoms with Crippen molar-refractivity contribution in [3.63, 3.8) is 0 Å². The molecule has 0 saturated heterocycles. The highest BCUT2D eigenvalue weighted by atomic mass is 16.7. The summed E-state index contributed by atoms with van der Waals surface area (Å²) in [4.78, 5) is 36.1. The van der Waals surface area contributed by atoms with Crippen molar-refractivity contribution in [2.75, 3.05) is 0 Å². The first-order valence-corrected chi connectivity index (χ1v) is 10.4. The van der Waals surface area contributed by atoms with Crippen LogP contribution in [0.3, 0.4) is 0 Å². The molecule has 0 bridgehead atoms. The van der Waals surface area contributed by atoms with Gasteiger partial charge in [0.05, 0.1) is 18.4 Å². The number of allylic oxidation sites excluding steroid dienone is 5. The van der Waals surface area contributed by atoms with Crippen LogP contribution < -0.4 is 0 Å². The Kier molecular flexibility index (Phi) is 8.63. The molecule has 0 aromatic heterocycles. The van der Waals surface area contributed by atoms with Crippen LogP contribution in [0.1, 0.15) is 66.7 Å². The molecule has 3 atom stereocenters. The summed E-state index contributed by atoms with van der Waals surface area (Å²) in [6.07, 6.45) is 9.36. The second kappa shape index (κ2) is 11.0. The number of carbonyl (C=O) groups is 3. The summed E-state index contributed by atoms with van der Waals surface area (Å²) >= 11 is 0. The zero-order chi connectivity index (χ0) is 22.3. The van der Waals surface area contributed by atoms with E-state index in [-0.39, 0.29) is 18.1 Å². The molecule has 2 rings (SSSR count). The Labute approximate surface area is 178 Å². The smallest absolute Gasteiger partial charge is 0.307 e. The van der Waals surface area contributed by atoms with Gasteiger partial charge in [-0.05, 0) is 52.0 Å². The molecular weight excluding hydrogens is 384 g/mol. The van der Waals surface area contributed by atoms with Crippen molar-refractivity contribution in [1.82, 2.24) is 0 Å². The highest BCUT2D eigenvalue weighted by Crippen LogP contribution is 2.42. The lowest BCUT2D eigenvalue weighted by molar-refractivity contribution is -0.180. The third-order valence-corrected chi connectivity index (χ3v) is 5.32. The zero-order valence-electron chi connectivity index (χ0n) is 18.5. The molecule has 2 aliphatic rings. The van der Waals surface area contributed by atoms with Gasteiger partial charge < -0.3 is 14.2 Å². The first-order valence-electron chi connectivity index (χ1n) is 10.4. The van der Waals surface area contributed by atoms with Gasteiger partial charge in [0.1, 0.15) is 0 Å². The molecule has 0 saturated carbocycles. The molecule has 0 amide bonds. The minimum absolute atomic E-state index is 0.0235. The third-order valence-electron chi connectivity index (χ3n) is 5.32. The van der Waals surface area contributed by atoms with Crippen molar-refractivity contribution in [1.29, 1.82) is 0 Å². The monoisotopic (exact) mass is 416 g/mol. The second-order valence-electron chi connectivity index (χ2n) is 8.17. The summed E-state index contributed by atoms with van der Waals surface area (Å²) < 4.78 is 16.4. The van der Waals surface area contributed by atoms with Gasteiger partial charge >= 0.3 is 11.9 Å². The third kappa shape index (κ3) is 6.71. The Balaban J connectivity index is 2.51. The van der Waals surface area contributed by atoms with Crippen LogP contribution in [0, 0.1) is 11.8 Å². The van der Waals surface area contributed by atoms with Crippen molar-refractivity contribution < 1.29 is 28.6 Å². The Morgan fingerprint density at radius 2 is 1.87 bits per heavy atom. The van der Waals surface area contributed by atoms with E-state index < -0.39 is 24.1 Å². The van der Waals surface area contributed by atoms with Crippen LogP contribution in [-0.4, -0.2) is 24.0 Å². The summed E-state index contributed by atoms with van der Waals surface area (Å²) in [6.45, 7) is 8.64. The van der Waals surface area contributed by atoms with Gasteiger partial charge in [-0.15, -0.1) is 0 Å². The molecular formula is C24H32O6. The van der Waals surface area contributed by atoms with Gasteiger partial charge in [-0.2, -0.15) is 0 Å². The number of fused-ring (bicyclic) bond motifs is 1. The maximum absolute atomic E-state index is 13.0. The van der Waals surface area contributed by atoms with E-state index in [1.165, 1.54) is 31.9 Å². The predicted octanol–water partition coefficient (Wildman–Crippen LogP) is 4.91. The molecule has 0 aromatic rings. The molecule has 0 radical (unpaired) electrons. The Bertz CT molecular complexity index is 795. The van der Waals surface area contributed by atoms with Gasteiger partial charge in [0.15, 0.2) is 5.78 Å². The number of esters is 2. The molecule has 0 fully saturated rings. The summed E-state index contributed by atoms with van der Waals surface area (Å²) in [5, 5.41) is 0. The Morgan fingerprint density at radius 1 is 1.13 bits per heavy atom. The number of hydrogen-bond donors (Lipinski definition) is 0. The van der Waals surface area contributed by atoms with Crippen molar-refractivity contribution in [3.8, 4) is 0 Å². The average Bonchev–Trinajstić information content (AvgIpc) is 2.74. The van der Waals surface area contributed by atoms with E-state index in [9.17, 15) is 14.4 Å². The molecule has 1 aliphatic carbocycles. The van der Waals surface area contributed by atoms with E-state index in [1.54, 1.807) is 0 Å². The van der Waals surface area contributed by atoms with Crippen LogP contribution in [0.25, 0.3) is 0 Å². The van der Waals surface area contributed by atoms with Gasteiger partial charge in [0, 0.05) is 31.8 Å². The lowest BCUT2D eigenvalue weighted by Gasteiger charge is -2.37. The molecule has 0 unspecified atom stereocenters. The number of Topliss-reactive ketones (excluding diaryl/α,β-unsaturated/α-hetero) is 1. The number of ether oxygens (including phenoxy) is 3. The van der Waals surface area contributed by atoms with Gasteiger partial charge in [-0.1, -0.05) is 23.3 Å². The maximum atomic E-state index is 13.0. The topological polar surface area (TPSA) is 78.9 Å². The SMILES string of the molecule is CC(=O)O/C=C1\CCC/C(C)=C\C[C@@H]2C(C(=O)CC=C(C)C)=CO[C@H](OC(C)=O)[C@@H]12. The highest BCUT2D eigenvalue weighted by Gasteiger charge is 2.42. The molecule has 0 N–H and O–H groups in total. The predicted molar refractivity (Wildman–Crippen MR) is 113 cm³/mol. The fourth-order valence-corrected chi connectivity index (χ4v) is 3.82. The second-order valence-corrected chi connectivity index (χ2v) is 8.17. The summed E-state index contributed by atoms with van der Waals surface area (Å²) in [5.41, 5.74) is 3.69. The Hall–Kier alpha value is -2.63. The number of rotatable bonds is 5. The van der Waals surface area contributed by atoms with E-state index in [1.807, 2.05) is 19.9 Å². The lowest BCUT2D eigenvalue weighted by atomic mass is 9.75. The van der Waals surface area contributed by atoms with Crippen LogP contribution in [0.5, 0.6) is 0 Å². The van der Waals surface area contributed by atoms with Gasteiger partial charge in [-0.3, -0.25) is 14.4 Å². The van der Waals surface area contributed by atoms with Crippen molar-refractivity contribution in [2.45, 2.75) is 73.0 Å². The molecule has 164 valence electrons. The van der Waals surface area contributed by atoms with E-state index in [0.717, 1.165) is 24.0 Å². The van der Waals surface area contributed by atoms with E-state index in [0.29, 0.717) is 18.4 Å². The zero-order valence-corrected chi connectivity index (χ0v) is 18.5. The fraction of sp³-hybridized carbons (Fsp3) is 0.542. The van der Waals surface area contributed by atoms with E-state index in [4.69, 9.17) is 14.2 Å². The minimum atomic E-state index is -0.874. The number of hydrogen-bond acceptors (Lipinski definition) is 6.